The molecule has 9 rings (SSSR count). The number of furan rings is 1. The molecule has 0 aliphatic carbocycles. The maximum absolute atomic E-state index is 8.81. The zero-order valence-electron chi connectivity index (χ0n) is 43.8. The predicted molar refractivity (Wildman–Crippen MR) is 237 cm³/mol. The van der Waals surface area contributed by atoms with E-state index in [9.17, 15) is 0 Å². The molecule has 6 aromatic carbocycles. The van der Waals surface area contributed by atoms with Crippen LogP contribution >= 0.6 is 0 Å². The largest absolute Gasteiger partial charge is 0.500 e. The van der Waals surface area contributed by atoms with Gasteiger partial charge in [0.25, 0.3) is 0 Å². The zero-order valence-corrected chi connectivity index (χ0v) is 35.2. The Labute approximate surface area is 366 Å². The van der Waals surface area contributed by atoms with Gasteiger partial charge in [-0.3, -0.25) is 0 Å². The van der Waals surface area contributed by atoms with Crippen LogP contribution in [0.2, 0.25) is 0 Å². The van der Waals surface area contributed by atoms with Crippen LogP contribution in [0.1, 0.15) is 84.4 Å². The number of aryl methyl sites for hydroxylation is 3. The van der Waals surface area contributed by atoms with E-state index in [1.54, 1.807) is 59.7 Å². The molecule has 0 aliphatic rings. The molecule has 0 spiro atoms. The van der Waals surface area contributed by atoms with Crippen LogP contribution in [0.4, 0.5) is 0 Å². The summed E-state index contributed by atoms with van der Waals surface area (Å²) in [5, 5.41) is 8.81. The van der Waals surface area contributed by atoms with Crippen molar-refractivity contribution in [3.8, 4) is 22.5 Å². The molecular weight excluding hydrogens is 873 g/mol. The summed E-state index contributed by atoms with van der Waals surface area (Å²) in [6.07, 6.45) is -0.889. The summed E-state index contributed by atoms with van der Waals surface area (Å²) in [4.78, 5) is 8.86. The average molecular weight is 934 g/mol. The second-order valence-electron chi connectivity index (χ2n) is 16.2. The molecular formula is C53H50IrN2O-2. The number of fused-ring (bicyclic) bond motifs is 10. The molecule has 3 aromatic heterocycles. The number of rotatable bonds is 4. The van der Waals surface area contributed by atoms with Gasteiger partial charge >= 0.3 is 0 Å². The van der Waals surface area contributed by atoms with Crippen molar-refractivity contribution in [1.29, 1.82) is 0 Å². The van der Waals surface area contributed by atoms with Gasteiger partial charge in [-0.2, -0.15) is 0 Å². The zero-order chi connectivity index (χ0) is 48.6. The van der Waals surface area contributed by atoms with Crippen molar-refractivity contribution in [2.75, 3.05) is 0 Å². The average Bonchev–Trinajstić information content (AvgIpc) is 3.67. The maximum Gasteiger partial charge on any atom is 0.129 e. The van der Waals surface area contributed by atoms with Crippen LogP contribution in [0.15, 0.2) is 120 Å². The van der Waals surface area contributed by atoms with Gasteiger partial charge in [0.05, 0.1) is 5.58 Å². The Hall–Kier alpha value is -5.15. The van der Waals surface area contributed by atoms with Gasteiger partial charge in [-0.05, 0) is 92.3 Å². The normalized spacial score (nSPS) is 15.7. The maximum atomic E-state index is 8.81. The van der Waals surface area contributed by atoms with Crippen LogP contribution in [0.5, 0.6) is 0 Å². The number of hydrogen-bond donors (Lipinski definition) is 0. The quantitative estimate of drug-likeness (QED) is 0.130. The van der Waals surface area contributed by atoms with E-state index >= 15 is 0 Å². The first-order valence-electron chi connectivity index (χ1n) is 24.4. The molecule has 289 valence electrons. The summed E-state index contributed by atoms with van der Waals surface area (Å²) in [6, 6.07) is 38.8. The van der Waals surface area contributed by atoms with Gasteiger partial charge in [0, 0.05) is 58.3 Å². The molecule has 0 amide bonds. The standard InChI is InChI=1S/C31H20NO.C22H30N.Ir/c1-18-16-28(32-17-19(18)2)27-13-7-12-25-26-15-14-24-22-10-4-3-8-20(22)21-9-5-6-11-23(21)29(24)31(26)33-30(25)27;1-16-8-10-17(11-9-16)20-12-18(13-21(2,3)4)19(15-23-20)14-22(5,6)7;/h3-12,14-17H,1-2H3;8-10,12,15H,13-14H2,1-7H3;/q2*-1;/i1D,2D3;1D3,13D2,14D2;. The Morgan fingerprint density at radius 1 is 0.614 bits per heavy atom. The summed E-state index contributed by atoms with van der Waals surface area (Å²) in [6.45, 7) is 5.96. The summed E-state index contributed by atoms with van der Waals surface area (Å²) >= 11 is 0. The van der Waals surface area contributed by atoms with Crippen molar-refractivity contribution in [3.63, 3.8) is 0 Å². The SMILES string of the molecule is [2H]C([2H])([2H])c1c[c-]c(-c2cc(C([2H])([2H])C(C)(C)C)c(C([2H])([2H])C(C)(C)C)cn2)cc1.[2H]Cc1cc(-c2[c-]ccc3c2oc2c3ccc3c4ccccc4c4ccccc4c32)ncc1C([2H])([2H])[2H].[Ir]. The third-order valence-electron chi connectivity index (χ3n) is 9.56. The van der Waals surface area contributed by atoms with E-state index in [-0.39, 0.29) is 49.3 Å². The Bertz CT molecular complexity index is 3310. The molecule has 1 radical (unpaired) electrons. The van der Waals surface area contributed by atoms with Gasteiger partial charge in [-0.15, -0.1) is 53.6 Å². The number of pyridine rings is 2. The molecule has 0 bridgehead atoms. The molecule has 0 aliphatic heterocycles. The van der Waals surface area contributed by atoms with Gasteiger partial charge in [0.15, 0.2) is 0 Å². The third kappa shape index (κ3) is 8.17. The minimum atomic E-state index is -2.32. The van der Waals surface area contributed by atoms with Crippen LogP contribution in [-0.4, -0.2) is 9.97 Å². The first-order chi connectivity index (χ1) is 31.3. The van der Waals surface area contributed by atoms with Gasteiger partial charge in [0.1, 0.15) is 5.58 Å². The van der Waals surface area contributed by atoms with E-state index in [1.165, 1.54) is 40.7 Å². The number of benzene rings is 6. The summed E-state index contributed by atoms with van der Waals surface area (Å²) < 4.78 is 95.4. The fourth-order valence-corrected chi connectivity index (χ4v) is 7.21. The van der Waals surface area contributed by atoms with E-state index in [4.69, 9.17) is 19.5 Å². The Kier molecular flexibility index (Phi) is 7.77. The van der Waals surface area contributed by atoms with Crippen molar-refractivity contribution in [1.82, 2.24) is 9.97 Å². The van der Waals surface area contributed by atoms with Crippen LogP contribution in [-0.2, 0) is 32.9 Å². The fraction of sp³-hybridized carbons (Fsp3) is 0.245. The van der Waals surface area contributed by atoms with E-state index in [0.29, 0.717) is 33.7 Å². The smallest absolute Gasteiger partial charge is 0.129 e. The van der Waals surface area contributed by atoms with E-state index < -0.39 is 37.3 Å². The molecule has 0 atom stereocenters. The topological polar surface area (TPSA) is 38.9 Å². The molecule has 0 unspecified atom stereocenters. The number of aromatic nitrogens is 2. The van der Waals surface area contributed by atoms with Crippen molar-refractivity contribution in [2.45, 2.75) is 74.9 Å². The molecule has 0 saturated carbocycles. The van der Waals surface area contributed by atoms with Crippen molar-refractivity contribution < 1.29 is 39.6 Å². The predicted octanol–water partition coefficient (Wildman–Crippen LogP) is 14.6. The van der Waals surface area contributed by atoms with E-state index in [1.807, 2.05) is 12.1 Å². The van der Waals surface area contributed by atoms with Crippen LogP contribution in [0, 0.1) is 43.6 Å². The number of nitrogens with zero attached hydrogens (tertiary/aromatic N) is 2. The van der Waals surface area contributed by atoms with Crippen LogP contribution in [0.25, 0.3) is 76.8 Å². The minimum Gasteiger partial charge on any atom is -0.500 e. The van der Waals surface area contributed by atoms with Gasteiger partial charge in [-0.25, -0.2) is 0 Å². The van der Waals surface area contributed by atoms with Gasteiger partial charge in [-0.1, -0.05) is 138 Å². The second-order valence-corrected chi connectivity index (χ2v) is 16.2. The Morgan fingerprint density at radius 2 is 1.25 bits per heavy atom. The van der Waals surface area contributed by atoms with Crippen molar-refractivity contribution in [2.24, 2.45) is 10.8 Å². The van der Waals surface area contributed by atoms with E-state index in [0.717, 1.165) is 32.5 Å². The molecule has 3 nitrogen and oxygen atoms in total. The summed E-state index contributed by atoms with van der Waals surface area (Å²) in [5.74, 6) is 0. The van der Waals surface area contributed by atoms with Gasteiger partial charge < -0.3 is 14.4 Å². The van der Waals surface area contributed by atoms with Crippen LogP contribution < -0.4 is 0 Å². The molecule has 57 heavy (non-hydrogen) atoms. The first kappa shape index (κ1) is 28.3. The third-order valence-corrected chi connectivity index (χ3v) is 9.56. The Balaban J connectivity index is 0.000000204. The monoisotopic (exact) mass is 934 g/mol. The fourth-order valence-electron chi connectivity index (χ4n) is 7.21. The molecule has 0 saturated heterocycles. The van der Waals surface area contributed by atoms with Gasteiger partial charge in [0.2, 0.25) is 0 Å². The van der Waals surface area contributed by atoms with Crippen molar-refractivity contribution >= 4 is 54.3 Å². The number of hydrogen-bond acceptors (Lipinski definition) is 3. The minimum absolute atomic E-state index is 0. The summed E-state index contributed by atoms with van der Waals surface area (Å²) in [7, 11) is 0. The van der Waals surface area contributed by atoms with Crippen LogP contribution in [0.3, 0.4) is 0 Å². The first-order valence-corrected chi connectivity index (χ1v) is 18.7. The second kappa shape index (κ2) is 15.7. The molecule has 9 aromatic rings. The molecule has 0 fully saturated rings. The molecule has 3 heterocycles. The molecule has 0 N–H and O–H groups in total. The van der Waals surface area contributed by atoms with E-state index in [2.05, 4.69) is 82.8 Å². The molecule has 4 heteroatoms. The summed E-state index contributed by atoms with van der Waals surface area (Å²) in [5.41, 5.74) is 3.18. The van der Waals surface area contributed by atoms with Crippen molar-refractivity contribution in [3.05, 3.63) is 155 Å². The Morgan fingerprint density at radius 3 is 1.89 bits per heavy atom.